The minimum atomic E-state index is -0.687. The molecular formula is C14H11ClFNO2. The zero-order valence-corrected chi connectivity index (χ0v) is 10.6. The fourth-order valence-corrected chi connectivity index (χ4v) is 1.82. The first-order valence-electron chi connectivity index (χ1n) is 5.58. The maximum absolute atomic E-state index is 13.4. The third kappa shape index (κ3) is 3.45. The largest absolute Gasteiger partial charge is 0.508 e. The molecule has 0 atom stereocenters. The zero-order valence-electron chi connectivity index (χ0n) is 9.86. The van der Waals surface area contributed by atoms with Gasteiger partial charge in [0.15, 0.2) is 0 Å². The van der Waals surface area contributed by atoms with Crippen molar-refractivity contribution in [3.05, 3.63) is 58.9 Å². The van der Waals surface area contributed by atoms with Gasteiger partial charge in [-0.3, -0.25) is 4.79 Å². The molecule has 5 heteroatoms. The number of hydrogen-bond donors (Lipinski definition) is 2. The van der Waals surface area contributed by atoms with Crippen LogP contribution in [0.25, 0.3) is 0 Å². The molecule has 1 amide bonds. The SMILES string of the molecule is O=C(Cc1ccccc1Cl)Nc1ccc(O)cc1F. The highest BCUT2D eigenvalue weighted by Gasteiger charge is 2.10. The normalized spacial score (nSPS) is 10.2. The number of phenols is 1. The summed E-state index contributed by atoms with van der Waals surface area (Å²) in [7, 11) is 0. The molecule has 2 aromatic rings. The van der Waals surface area contributed by atoms with Crippen LogP contribution in [-0.2, 0) is 11.2 Å². The summed E-state index contributed by atoms with van der Waals surface area (Å²) < 4.78 is 13.4. The van der Waals surface area contributed by atoms with Gasteiger partial charge in [-0.25, -0.2) is 4.39 Å². The summed E-state index contributed by atoms with van der Waals surface area (Å²) in [5.74, 6) is -1.26. The highest BCUT2D eigenvalue weighted by atomic mass is 35.5. The van der Waals surface area contributed by atoms with E-state index in [4.69, 9.17) is 16.7 Å². The van der Waals surface area contributed by atoms with Gasteiger partial charge in [-0.05, 0) is 23.8 Å². The quantitative estimate of drug-likeness (QED) is 0.847. The summed E-state index contributed by atoms with van der Waals surface area (Å²) in [5.41, 5.74) is 0.690. The van der Waals surface area contributed by atoms with E-state index in [9.17, 15) is 9.18 Å². The number of nitrogens with one attached hydrogen (secondary N) is 1. The lowest BCUT2D eigenvalue weighted by Gasteiger charge is -2.07. The summed E-state index contributed by atoms with van der Waals surface area (Å²) in [6.45, 7) is 0. The van der Waals surface area contributed by atoms with Crippen LogP contribution in [0.4, 0.5) is 10.1 Å². The maximum Gasteiger partial charge on any atom is 0.228 e. The van der Waals surface area contributed by atoms with Crippen molar-refractivity contribution < 1.29 is 14.3 Å². The van der Waals surface area contributed by atoms with E-state index in [0.717, 1.165) is 6.07 Å². The molecule has 2 rings (SSSR count). The van der Waals surface area contributed by atoms with Gasteiger partial charge in [-0.15, -0.1) is 0 Å². The molecule has 0 radical (unpaired) electrons. The van der Waals surface area contributed by atoms with Crippen molar-refractivity contribution in [1.29, 1.82) is 0 Å². The second-order valence-electron chi connectivity index (χ2n) is 3.98. The molecule has 0 spiro atoms. The Morgan fingerprint density at radius 2 is 2.00 bits per heavy atom. The Labute approximate surface area is 114 Å². The highest BCUT2D eigenvalue weighted by Crippen LogP contribution is 2.20. The Morgan fingerprint density at radius 3 is 2.68 bits per heavy atom. The van der Waals surface area contributed by atoms with Crippen LogP contribution < -0.4 is 5.32 Å². The summed E-state index contributed by atoms with van der Waals surface area (Å²) in [5, 5.41) is 12.0. The summed E-state index contributed by atoms with van der Waals surface area (Å²) >= 11 is 5.94. The Balaban J connectivity index is 2.08. The second kappa shape index (κ2) is 5.71. The van der Waals surface area contributed by atoms with Crippen molar-refractivity contribution in [2.45, 2.75) is 6.42 Å². The standard InChI is InChI=1S/C14H11ClFNO2/c15-11-4-2-1-3-9(11)7-14(19)17-13-6-5-10(18)8-12(13)16/h1-6,8,18H,7H2,(H,17,19). The van der Waals surface area contributed by atoms with Gasteiger partial charge in [0.2, 0.25) is 5.91 Å². The lowest BCUT2D eigenvalue weighted by molar-refractivity contribution is -0.115. The third-order valence-corrected chi connectivity index (χ3v) is 2.90. The second-order valence-corrected chi connectivity index (χ2v) is 4.39. The minimum Gasteiger partial charge on any atom is -0.508 e. The Hall–Kier alpha value is -2.07. The number of rotatable bonds is 3. The Kier molecular flexibility index (Phi) is 4.02. The molecule has 0 aliphatic carbocycles. The van der Waals surface area contributed by atoms with Gasteiger partial charge in [-0.2, -0.15) is 0 Å². The van der Waals surface area contributed by atoms with Crippen molar-refractivity contribution in [2.24, 2.45) is 0 Å². The smallest absolute Gasteiger partial charge is 0.228 e. The van der Waals surface area contributed by atoms with Crippen LogP contribution in [0.5, 0.6) is 5.75 Å². The molecule has 2 aromatic carbocycles. The predicted octanol–water partition coefficient (Wildman–Crippen LogP) is 3.37. The molecule has 0 saturated carbocycles. The van der Waals surface area contributed by atoms with E-state index in [-0.39, 0.29) is 23.8 Å². The van der Waals surface area contributed by atoms with Crippen LogP contribution in [-0.4, -0.2) is 11.0 Å². The first-order valence-corrected chi connectivity index (χ1v) is 5.96. The van der Waals surface area contributed by atoms with Gasteiger partial charge in [-0.1, -0.05) is 29.8 Å². The third-order valence-electron chi connectivity index (χ3n) is 2.54. The topological polar surface area (TPSA) is 49.3 Å². The molecule has 0 fully saturated rings. The number of halogens is 2. The summed E-state index contributed by atoms with van der Waals surface area (Å²) in [6.07, 6.45) is 0.0555. The Bertz CT molecular complexity index is 616. The van der Waals surface area contributed by atoms with Crippen molar-refractivity contribution in [1.82, 2.24) is 0 Å². The lowest BCUT2D eigenvalue weighted by Crippen LogP contribution is -2.15. The van der Waals surface area contributed by atoms with E-state index in [2.05, 4.69) is 5.32 Å². The predicted molar refractivity (Wildman–Crippen MR) is 71.9 cm³/mol. The van der Waals surface area contributed by atoms with Gasteiger partial charge >= 0.3 is 0 Å². The number of benzene rings is 2. The number of anilines is 1. The van der Waals surface area contributed by atoms with Crippen LogP contribution in [0.1, 0.15) is 5.56 Å². The van der Waals surface area contributed by atoms with E-state index in [1.807, 2.05) is 0 Å². The number of hydrogen-bond acceptors (Lipinski definition) is 2. The number of phenolic OH excluding ortho intramolecular Hbond substituents is 1. The van der Waals surface area contributed by atoms with E-state index < -0.39 is 5.82 Å². The van der Waals surface area contributed by atoms with Gasteiger partial charge < -0.3 is 10.4 Å². The van der Waals surface area contributed by atoms with E-state index in [0.29, 0.717) is 10.6 Å². The lowest BCUT2D eigenvalue weighted by atomic mass is 10.1. The van der Waals surface area contributed by atoms with Gasteiger partial charge in [0.1, 0.15) is 11.6 Å². The minimum absolute atomic E-state index is 0.0230. The van der Waals surface area contributed by atoms with Crippen LogP contribution >= 0.6 is 11.6 Å². The summed E-state index contributed by atoms with van der Waals surface area (Å²) in [6, 6.07) is 10.5. The van der Waals surface area contributed by atoms with Crippen molar-refractivity contribution >= 4 is 23.2 Å². The Morgan fingerprint density at radius 1 is 1.26 bits per heavy atom. The molecule has 0 heterocycles. The first kappa shape index (κ1) is 13.4. The monoisotopic (exact) mass is 279 g/mol. The fraction of sp³-hybridized carbons (Fsp3) is 0.0714. The fourth-order valence-electron chi connectivity index (χ4n) is 1.61. The molecule has 0 bridgehead atoms. The van der Waals surface area contributed by atoms with Crippen molar-refractivity contribution in [2.75, 3.05) is 5.32 Å². The highest BCUT2D eigenvalue weighted by molar-refractivity contribution is 6.31. The maximum atomic E-state index is 13.4. The zero-order chi connectivity index (χ0) is 13.8. The van der Waals surface area contributed by atoms with E-state index in [1.54, 1.807) is 24.3 Å². The van der Waals surface area contributed by atoms with Crippen molar-refractivity contribution in [3.8, 4) is 5.75 Å². The molecule has 2 N–H and O–H groups in total. The molecule has 0 aromatic heterocycles. The van der Waals surface area contributed by atoms with Crippen LogP contribution in [0.15, 0.2) is 42.5 Å². The van der Waals surface area contributed by atoms with E-state index in [1.165, 1.54) is 12.1 Å². The molecular weight excluding hydrogens is 269 g/mol. The average Bonchev–Trinajstić information content (AvgIpc) is 2.36. The molecule has 0 unspecified atom stereocenters. The molecule has 0 saturated heterocycles. The number of aromatic hydroxyl groups is 1. The molecule has 98 valence electrons. The summed E-state index contributed by atoms with van der Waals surface area (Å²) in [4.78, 5) is 11.8. The molecule has 3 nitrogen and oxygen atoms in total. The van der Waals surface area contributed by atoms with Crippen LogP contribution in [0.3, 0.4) is 0 Å². The van der Waals surface area contributed by atoms with Crippen molar-refractivity contribution in [3.63, 3.8) is 0 Å². The number of amides is 1. The van der Waals surface area contributed by atoms with Gasteiger partial charge in [0.05, 0.1) is 12.1 Å². The molecule has 19 heavy (non-hydrogen) atoms. The van der Waals surface area contributed by atoms with Crippen LogP contribution in [0, 0.1) is 5.82 Å². The van der Waals surface area contributed by atoms with Gasteiger partial charge in [0, 0.05) is 11.1 Å². The first-order chi connectivity index (χ1) is 9.06. The number of carbonyl (C=O) groups excluding carboxylic acids is 1. The van der Waals surface area contributed by atoms with Crippen LogP contribution in [0.2, 0.25) is 5.02 Å². The molecule has 0 aliphatic rings. The average molecular weight is 280 g/mol. The van der Waals surface area contributed by atoms with E-state index >= 15 is 0 Å². The molecule has 0 aliphatic heterocycles. The number of carbonyl (C=O) groups is 1. The van der Waals surface area contributed by atoms with Gasteiger partial charge in [0.25, 0.3) is 0 Å².